The Morgan fingerprint density at radius 1 is 1.30 bits per heavy atom. The Morgan fingerprint density at radius 2 is 2.04 bits per heavy atom. The van der Waals surface area contributed by atoms with E-state index in [0.29, 0.717) is 13.0 Å². The normalized spacial score (nSPS) is 24.0. The molecule has 2 N–H and O–H groups in total. The van der Waals surface area contributed by atoms with Crippen molar-refractivity contribution in [3.63, 3.8) is 0 Å². The van der Waals surface area contributed by atoms with Gasteiger partial charge in [0, 0.05) is 24.7 Å². The first-order valence-electron chi connectivity index (χ1n) is 7.71. The molecule has 0 bridgehead atoms. The van der Waals surface area contributed by atoms with E-state index >= 15 is 0 Å². The van der Waals surface area contributed by atoms with Crippen LogP contribution in [-0.4, -0.2) is 49.4 Å². The summed E-state index contributed by atoms with van der Waals surface area (Å²) in [5, 5.41) is 9.60. The van der Waals surface area contributed by atoms with Crippen molar-refractivity contribution in [2.75, 3.05) is 19.6 Å². The number of β-amino-alcohol motifs (C(OH)–C–C–N with tert-alkyl or cyclic N) is 1. The second-order valence-electron chi connectivity index (χ2n) is 6.29. The zero-order valence-corrected chi connectivity index (χ0v) is 13.4. The highest BCUT2D eigenvalue weighted by Crippen LogP contribution is 2.25. The molecule has 23 heavy (non-hydrogen) atoms. The maximum Gasteiger partial charge on any atom is 0.216 e. The third kappa shape index (κ3) is 4.06. The Balaban J connectivity index is 1.60. The monoisotopic (exact) mass is 346 g/mol. The van der Waals surface area contributed by atoms with Crippen LogP contribution in [0.2, 0.25) is 0 Å². The van der Waals surface area contributed by atoms with Gasteiger partial charge in [-0.1, -0.05) is 0 Å². The number of hydrogen-bond acceptors (Lipinski definition) is 4. The SMILES string of the molecule is O=S(=O)(NC1CC1)[C@@H]1CCN(C[C@H](O)c2cc(F)ccc2F)C1. The van der Waals surface area contributed by atoms with Crippen LogP contribution in [-0.2, 0) is 10.0 Å². The number of aliphatic hydroxyl groups is 1. The van der Waals surface area contributed by atoms with E-state index in [1.807, 2.05) is 0 Å². The van der Waals surface area contributed by atoms with Crippen molar-refractivity contribution in [1.82, 2.24) is 9.62 Å². The average Bonchev–Trinajstić information content (AvgIpc) is 3.15. The van der Waals surface area contributed by atoms with Crippen molar-refractivity contribution in [2.24, 2.45) is 0 Å². The summed E-state index contributed by atoms with van der Waals surface area (Å²) in [5.74, 6) is -1.28. The highest BCUT2D eigenvalue weighted by molar-refractivity contribution is 7.90. The van der Waals surface area contributed by atoms with E-state index in [1.165, 1.54) is 0 Å². The molecule has 1 aliphatic carbocycles. The molecule has 1 saturated heterocycles. The number of nitrogens with zero attached hydrogens (tertiary/aromatic N) is 1. The van der Waals surface area contributed by atoms with Gasteiger partial charge in [0.2, 0.25) is 10.0 Å². The van der Waals surface area contributed by atoms with Gasteiger partial charge in [0.05, 0.1) is 11.4 Å². The fourth-order valence-corrected chi connectivity index (χ4v) is 4.57. The van der Waals surface area contributed by atoms with E-state index in [4.69, 9.17) is 0 Å². The van der Waals surface area contributed by atoms with Gasteiger partial charge in [0.1, 0.15) is 11.6 Å². The summed E-state index contributed by atoms with van der Waals surface area (Å²) < 4.78 is 53.9. The lowest BCUT2D eigenvalue weighted by molar-refractivity contribution is 0.122. The van der Waals surface area contributed by atoms with E-state index in [0.717, 1.165) is 31.0 Å². The van der Waals surface area contributed by atoms with Gasteiger partial charge < -0.3 is 5.11 Å². The van der Waals surface area contributed by atoms with Crippen LogP contribution in [0.4, 0.5) is 8.78 Å². The van der Waals surface area contributed by atoms with Gasteiger partial charge in [-0.25, -0.2) is 21.9 Å². The lowest BCUT2D eigenvalue weighted by Gasteiger charge is -2.21. The number of halogens is 2. The molecule has 0 amide bonds. The summed E-state index contributed by atoms with van der Waals surface area (Å²) in [7, 11) is -3.35. The molecule has 1 heterocycles. The van der Waals surface area contributed by atoms with Crippen molar-refractivity contribution in [1.29, 1.82) is 0 Å². The predicted octanol–water partition coefficient (Wildman–Crippen LogP) is 1.15. The number of benzene rings is 1. The molecule has 0 spiro atoms. The van der Waals surface area contributed by atoms with Crippen LogP contribution >= 0.6 is 0 Å². The molecule has 1 saturated carbocycles. The van der Waals surface area contributed by atoms with E-state index in [2.05, 4.69) is 4.72 Å². The Kier molecular flexibility index (Phi) is 4.68. The second-order valence-corrected chi connectivity index (χ2v) is 8.28. The summed E-state index contributed by atoms with van der Waals surface area (Å²) in [5.41, 5.74) is -0.104. The van der Waals surface area contributed by atoms with Crippen molar-refractivity contribution < 1.29 is 22.3 Å². The smallest absolute Gasteiger partial charge is 0.216 e. The van der Waals surface area contributed by atoms with E-state index in [1.54, 1.807) is 4.90 Å². The van der Waals surface area contributed by atoms with Gasteiger partial charge in [-0.05, 0) is 44.0 Å². The van der Waals surface area contributed by atoms with Crippen LogP contribution < -0.4 is 4.72 Å². The molecule has 2 atom stereocenters. The molecular formula is C15H20F2N2O3S. The van der Waals surface area contributed by atoms with Crippen molar-refractivity contribution in [2.45, 2.75) is 36.7 Å². The predicted molar refractivity (Wildman–Crippen MR) is 81.2 cm³/mol. The van der Waals surface area contributed by atoms with Gasteiger partial charge in [-0.2, -0.15) is 0 Å². The molecule has 0 aromatic heterocycles. The van der Waals surface area contributed by atoms with Crippen LogP contribution in [0.3, 0.4) is 0 Å². The highest BCUT2D eigenvalue weighted by atomic mass is 32.2. The van der Waals surface area contributed by atoms with E-state index < -0.39 is 33.0 Å². The zero-order valence-electron chi connectivity index (χ0n) is 12.6. The molecule has 1 aliphatic heterocycles. The summed E-state index contributed by atoms with van der Waals surface area (Å²) in [4.78, 5) is 1.77. The second kappa shape index (κ2) is 6.43. The van der Waals surface area contributed by atoms with Crippen LogP contribution in [0.15, 0.2) is 18.2 Å². The minimum absolute atomic E-state index is 0.0704. The fourth-order valence-electron chi connectivity index (χ4n) is 2.86. The standard InChI is InChI=1S/C15H20F2N2O3S/c16-10-1-4-14(17)13(7-10)15(20)9-19-6-5-12(8-19)23(21,22)18-11-2-3-11/h1,4,7,11-12,15,18,20H,2-3,5-6,8-9H2/t12-,15+/m1/s1. The third-order valence-corrected chi connectivity index (χ3v) is 6.25. The number of hydrogen-bond donors (Lipinski definition) is 2. The average molecular weight is 346 g/mol. The Morgan fingerprint density at radius 3 is 2.74 bits per heavy atom. The van der Waals surface area contributed by atoms with Gasteiger partial charge >= 0.3 is 0 Å². The molecule has 1 aromatic rings. The largest absolute Gasteiger partial charge is 0.387 e. The molecule has 3 rings (SSSR count). The molecule has 0 unspecified atom stereocenters. The summed E-state index contributed by atoms with van der Waals surface area (Å²) in [6.07, 6.45) is 1.05. The van der Waals surface area contributed by atoms with E-state index in [-0.39, 0.29) is 24.7 Å². The lowest BCUT2D eigenvalue weighted by atomic mass is 10.1. The molecular weight excluding hydrogens is 326 g/mol. The van der Waals surface area contributed by atoms with Crippen molar-refractivity contribution >= 4 is 10.0 Å². The molecule has 0 radical (unpaired) electrons. The topological polar surface area (TPSA) is 69.6 Å². The highest BCUT2D eigenvalue weighted by Gasteiger charge is 2.37. The first-order chi connectivity index (χ1) is 10.8. The first-order valence-corrected chi connectivity index (χ1v) is 9.26. The van der Waals surface area contributed by atoms with Gasteiger partial charge in [-0.15, -0.1) is 0 Å². The van der Waals surface area contributed by atoms with Crippen LogP contribution in [0.25, 0.3) is 0 Å². The summed E-state index contributed by atoms with van der Waals surface area (Å²) >= 11 is 0. The van der Waals surface area contributed by atoms with Crippen molar-refractivity contribution in [3.8, 4) is 0 Å². The number of sulfonamides is 1. The lowest BCUT2D eigenvalue weighted by Crippen LogP contribution is -2.38. The quantitative estimate of drug-likeness (QED) is 0.811. The minimum atomic E-state index is -3.35. The molecule has 128 valence electrons. The number of likely N-dealkylation sites (tertiary alicyclic amines) is 1. The molecule has 8 heteroatoms. The van der Waals surface area contributed by atoms with Crippen LogP contribution in [0.1, 0.15) is 30.9 Å². The Bertz CT molecular complexity index is 679. The zero-order chi connectivity index (χ0) is 16.6. The first kappa shape index (κ1) is 16.8. The fraction of sp³-hybridized carbons (Fsp3) is 0.600. The molecule has 5 nitrogen and oxygen atoms in total. The van der Waals surface area contributed by atoms with Crippen molar-refractivity contribution in [3.05, 3.63) is 35.4 Å². The maximum absolute atomic E-state index is 13.7. The number of aliphatic hydroxyl groups excluding tert-OH is 1. The molecule has 2 aliphatic rings. The maximum atomic E-state index is 13.7. The van der Waals surface area contributed by atoms with Gasteiger partial charge in [-0.3, -0.25) is 4.90 Å². The van der Waals surface area contributed by atoms with Crippen LogP contribution in [0.5, 0.6) is 0 Å². The van der Waals surface area contributed by atoms with Gasteiger partial charge in [0.15, 0.2) is 0 Å². The molecule has 1 aromatic carbocycles. The number of rotatable bonds is 6. The number of nitrogens with one attached hydrogen (secondary N) is 1. The Hall–Kier alpha value is -1.09. The summed E-state index contributed by atoms with van der Waals surface area (Å²) in [6, 6.07) is 3.01. The third-order valence-electron chi connectivity index (χ3n) is 4.32. The van der Waals surface area contributed by atoms with E-state index in [9.17, 15) is 22.3 Å². The minimum Gasteiger partial charge on any atom is -0.387 e. The summed E-state index contributed by atoms with van der Waals surface area (Å²) in [6.45, 7) is 0.871. The Labute approximate surface area is 134 Å². The van der Waals surface area contributed by atoms with Crippen LogP contribution in [0, 0.1) is 11.6 Å². The molecule has 2 fully saturated rings. The van der Waals surface area contributed by atoms with Gasteiger partial charge in [0.25, 0.3) is 0 Å².